The van der Waals surface area contributed by atoms with E-state index in [4.69, 9.17) is 5.26 Å². The van der Waals surface area contributed by atoms with E-state index in [1.54, 1.807) is 6.07 Å². The fourth-order valence-electron chi connectivity index (χ4n) is 3.41. The van der Waals surface area contributed by atoms with E-state index >= 15 is 0 Å². The number of fused-ring (bicyclic) bond motifs is 1. The van der Waals surface area contributed by atoms with Gasteiger partial charge in [0.2, 0.25) is 0 Å². The summed E-state index contributed by atoms with van der Waals surface area (Å²) < 4.78 is 27.2. The van der Waals surface area contributed by atoms with Crippen LogP contribution >= 0.6 is 0 Å². The first-order chi connectivity index (χ1) is 10.2. The number of nitrogens with zero attached hydrogens (tertiary/aromatic N) is 3. The fourth-order valence-corrected chi connectivity index (χ4v) is 3.41. The largest absolute Gasteiger partial charge is 0.298 e. The Bertz CT molecular complexity index is 567. The minimum atomic E-state index is -0.782. The molecule has 0 bridgehead atoms. The Morgan fingerprint density at radius 2 is 2.00 bits per heavy atom. The van der Waals surface area contributed by atoms with E-state index < -0.39 is 11.6 Å². The molecule has 3 nitrogen and oxygen atoms in total. The summed E-state index contributed by atoms with van der Waals surface area (Å²) >= 11 is 0. The molecule has 112 valence electrons. The van der Waals surface area contributed by atoms with Gasteiger partial charge in [-0.1, -0.05) is 6.42 Å². The van der Waals surface area contributed by atoms with Crippen LogP contribution in [0.4, 0.5) is 8.78 Å². The topological polar surface area (TPSA) is 30.3 Å². The predicted octanol–water partition coefficient (Wildman–Crippen LogP) is 2.51. The lowest BCUT2D eigenvalue weighted by atomic mass is 9.99. The summed E-state index contributed by atoms with van der Waals surface area (Å²) in [6.45, 7) is 4.46. The number of piperazine rings is 1. The van der Waals surface area contributed by atoms with Gasteiger partial charge in [0.1, 0.15) is 17.7 Å². The second kappa shape index (κ2) is 6.08. The van der Waals surface area contributed by atoms with E-state index in [1.165, 1.54) is 31.9 Å². The van der Waals surface area contributed by atoms with Crippen LogP contribution in [0.1, 0.15) is 30.4 Å². The molecule has 0 aliphatic carbocycles. The Morgan fingerprint density at radius 3 is 2.81 bits per heavy atom. The summed E-state index contributed by atoms with van der Waals surface area (Å²) in [5.74, 6) is -1.34. The number of benzene rings is 1. The third kappa shape index (κ3) is 3.07. The summed E-state index contributed by atoms with van der Waals surface area (Å²) in [4.78, 5) is 4.73. The van der Waals surface area contributed by atoms with E-state index in [0.717, 1.165) is 25.7 Å². The summed E-state index contributed by atoms with van der Waals surface area (Å²) in [5.41, 5.74) is 0.333. The van der Waals surface area contributed by atoms with Crippen LogP contribution in [-0.4, -0.2) is 42.0 Å². The van der Waals surface area contributed by atoms with Gasteiger partial charge in [0.05, 0.1) is 5.56 Å². The predicted molar refractivity (Wildman–Crippen MR) is 75.6 cm³/mol. The highest BCUT2D eigenvalue weighted by Gasteiger charge is 2.29. The van der Waals surface area contributed by atoms with Crippen molar-refractivity contribution in [1.82, 2.24) is 9.80 Å². The Balaban J connectivity index is 1.71. The lowest BCUT2D eigenvalue weighted by Gasteiger charge is -2.44. The van der Waals surface area contributed by atoms with Crippen molar-refractivity contribution in [2.24, 2.45) is 0 Å². The SMILES string of the molecule is N#Cc1cc(CN2CCN3CCCCC3C2)c(F)cc1F. The Kier molecular flexibility index (Phi) is 4.18. The molecule has 0 amide bonds. The number of hydrogen-bond acceptors (Lipinski definition) is 3. The minimum Gasteiger partial charge on any atom is -0.298 e. The molecule has 21 heavy (non-hydrogen) atoms. The number of hydrogen-bond donors (Lipinski definition) is 0. The number of rotatable bonds is 2. The Hall–Kier alpha value is -1.51. The van der Waals surface area contributed by atoms with Crippen LogP contribution in [-0.2, 0) is 6.54 Å². The van der Waals surface area contributed by atoms with Gasteiger partial charge in [0.25, 0.3) is 0 Å². The van der Waals surface area contributed by atoms with E-state index in [1.807, 2.05) is 0 Å². The molecule has 2 aliphatic heterocycles. The molecule has 0 radical (unpaired) electrons. The molecule has 0 saturated carbocycles. The maximum absolute atomic E-state index is 13.9. The fraction of sp³-hybridized carbons (Fsp3) is 0.562. The molecule has 0 spiro atoms. The second-order valence-electron chi connectivity index (χ2n) is 5.96. The highest BCUT2D eigenvalue weighted by Crippen LogP contribution is 2.23. The lowest BCUT2D eigenvalue weighted by Crippen LogP contribution is -2.54. The Morgan fingerprint density at radius 1 is 1.14 bits per heavy atom. The zero-order valence-electron chi connectivity index (χ0n) is 12.0. The first-order valence-corrected chi connectivity index (χ1v) is 7.52. The van der Waals surface area contributed by atoms with Crippen LogP contribution in [0.2, 0.25) is 0 Å². The van der Waals surface area contributed by atoms with Crippen LogP contribution in [0, 0.1) is 23.0 Å². The van der Waals surface area contributed by atoms with Crippen molar-refractivity contribution in [3.63, 3.8) is 0 Å². The minimum absolute atomic E-state index is 0.0808. The van der Waals surface area contributed by atoms with Gasteiger partial charge >= 0.3 is 0 Å². The molecule has 2 heterocycles. The van der Waals surface area contributed by atoms with Gasteiger partial charge < -0.3 is 0 Å². The van der Waals surface area contributed by atoms with E-state index in [-0.39, 0.29) is 5.56 Å². The molecule has 5 heteroatoms. The third-order valence-corrected chi connectivity index (χ3v) is 4.57. The average molecular weight is 291 g/mol. The van der Waals surface area contributed by atoms with Crippen molar-refractivity contribution in [2.75, 3.05) is 26.2 Å². The van der Waals surface area contributed by atoms with Gasteiger partial charge in [-0.05, 0) is 25.5 Å². The molecule has 2 fully saturated rings. The monoisotopic (exact) mass is 291 g/mol. The molecule has 2 saturated heterocycles. The van der Waals surface area contributed by atoms with Crippen LogP contribution in [0.5, 0.6) is 0 Å². The van der Waals surface area contributed by atoms with Crippen molar-refractivity contribution in [3.8, 4) is 6.07 Å². The van der Waals surface area contributed by atoms with Gasteiger partial charge in [-0.25, -0.2) is 8.78 Å². The quantitative estimate of drug-likeness (QED) is 0.838. The molecular formula is C16H19F2N3. The number of nitriles is 1. The molecule has 3 rings (SSSR count). The maximum Gasteiger partial charge on any atom is 0.143 e. The van der Waals surface area contributed by atoms with Gasteiger partial charge in [-0.3, -0.25) is 9.80 Å². The molecular weight excluding hydrogens is 272 g/mol. The van der Waals surface area contributed by atoms with Crippen molar-refractivity contribution in [3.05, 3.63) is 34.9 Å². The maximum atomic E-state index is 13.9. The van der Waals surface area contributed by atoms with Crippen LogP contribution in [0.3, 0.4) is 0 Å². The van der Waals surface area contributed by atoms with Gasteiger partial charge in [0, 0.05) is 43.9 Å². The van der Waals surface area contributed by atoms with Gasteiger partial charge in [0.15, 0.2) is 0 Å². The standard InChI is InChI=1S/C16H19F2N3/c17-15-8-16(18)13(7-12(15)9-19)10-20-5-6-21-4-2-1-3-14(21)11-20/h7-8,14H,1-6,10-11H2. The second-order valence-corrected chi connectivity index (χ2v) is 5.96. The van der Waals surface area contributed by atoms with Crippen LogP contribution in [0.15, 0.2) is 12.1 Å². The van der Waals surface area contributed by atoms with E-state index in [9.17, 15) is 8.78 Å². The smallest absolute Gasteiger partial charge is 0.143 e. The average Bonchev–Trinajstić information content (AvgIpc) is 2.50. The first-order valence-electron chi connectivity index (χ1n) is 7.52. The summed E-state index contributed by atoms with van der Waals surface area (Å²) in [7, 11) is 0. The summed E-state index contributed by atoms with van der Waals surface area (Å²) in [6, 6.07) is 4.51. The third-order valence-electron chi connectivity index (χ3n) is 4.57. The Labute approximate surface area is 123 Å². The molecule has 0 N–H and O–H groups in total. The lowest BCUT2D eigenvalue weighted by molar-refractivity contribution is 0.0452. The molecule has 1 atom stereocenters. The molecule has 1 aromatic carbocycles. The molecule has 0 aromatic heterocycles. The zero-order valence-corrected chi connectivity index (χ0v) is 12.0. The summed E-state index contributed by atoms with van der Waals surface area (Å²) in [6.07, 6.45) is 3.74. The van der Waals surface area contributed by atoms with Crippen molar-refractivity contribution >= 4 is 0 Å². The normalized spacial score (nSPS) is 23.6. The summed E-state index contributed by atoms with van der Waals surface area (Å²) in [5, 5.41) is 8.86. The van der Waals surface area contributed by atoms with Crippen LogP contribution in [0.25, 0.3) is 0 Å². The number of piperidine rings is 1. The highest BCUT2D eigenvalue weighted by atomic mass is 19.1. The highest BCUT2D eigenvalue weighted by molar-refractivity contribution is 5.35. The van der Waals surface area contributed by atoms with Gasteiger partial charge in [-0.15, -0.1) is 0 Å². The van der Waals surface area contributed by atoms with Gasteiger partial charge in [-0.2, -0.15) is 5.26 Å². The number of halogens is 2. The first kappa shape index (κ1) is 14.4. The van der Waals surface area contributed by atoms with Crippen molar-refractivity contribution < 1.29 is 8.78 Å². The van der Waals surface area contributed by atoms with E-state index in [0.29, 0.717) is 18.2 Å². The zero-order chi connectivity index (χ0) is 14.8. The molecule has 1 aromatic rings. The van der Waals surface area contributed by atoms with Crippen LogP contribution < -0.4 is 0 Å². The van der Waals surface area contributed by atoms with E-state index in [2.05, 4.69) is 9.80 Å². The van der Waals surface area contributed by atoms with Crippen molar-refractivity contribution in [1.29, 1.82) is 5.26 Å². The van der Waals surface area contributed by atoms with Crippen molar-refractivity contribution in [2.45, 2.75) is 31.8 Å². The molecule has 2 aliphatic rings. The molecule has 1 unspecified atom stereocenters.